The highest BCUT2D eigenvalue weighted by molar-refractivity contribution is 7.80. The van der Waals surface area contributed by atoms with Crippen LogP contribution in [-0.2, 0) is 4.74 Å². The molecule has 6 nitrogen and oxygen atoms in total. The van der Waals surface area contributed by atoms with Crippen LogP contribution in [0.5, 0.6) is 17.4 Å². The molecule has 7 heteroatoms. The first-order valence-electron chi connectivity index (χ1n) is 9.35. The summed E-state index contributed by atoms with van der Waals surface area (Å²) < 4.78 is 16.8. The third kappa shape index (κ3) is 5.42. The van der Waals surface area contributed by atoms with Gasteiger partial charge in [0.25, 0.3) is 5.17 Å². The normalized spacial score (nSPS) is 10.4. The van der Waals surface area contributed by atoms with Crippen molar-refractivity contribution in [3.8, 4) is 17.4 Å². The van der Waals surface area contributed by atoms with Gasteiger partial charge in [0, 0.05) is 12.4 Å². The van der Waals surface area contributed by atoms with Crippen LogP contribution in [0.2, 0.25) is 0 Å². The van der Waals surface area contributed by atoms with E-state index < -0.39 is 5.97 Å². The predicted molar refractivity (Wildman–Crippen MR) is 116 cm³/mol. The van der Waals surface area contributed by atoms with E-state index in [1.54, 1.807) is 19.2 Å². The highest BCUT2D eigenvalue weighted by Crippen LogP contribution is 2.31. The number of para-hydroxylation sites is 1. The average Bonchev–Trinajstić information content (AvgIpc) is 2.74. The molecule has 0 aliphatic rings. The van der Waals surface area contributed by atoms with Crippen molar-refractivity contribution in [1.29, 1.82) is 0 Å². The second-order valence-electron chi connectivity index (χ2n) is 6.24. The smallest absolute Gasteiger partial charge is 0.357 e. The highest BCUT2D eigenvalue weighted by Gasteiger charge is 2.16. The van der Waals surface area contributed by atoms with Crippen LogP contribution in [0, 0.1) is 0 Å². The van der Waals surface area contributed by atoms with Crippen LogP contribution in [0.25, 0.3) is 10.8 Å². The van der Waals surface area contributed by atoms with Crippen molar-refractivity contribution in [2.45, 2.75) is 19.8 Å². The van der Waals surface area contributed by atoms with E-state index in [0.717, 1.165) is 18.2 Å². The fourth-order valence-corrected chi connectivity index (χ4v) is 2.67. The number of rotatable bonds is 7. The second kappa shape index (κ2) is 9.84. The van der Waals surface area contributed by atoms with Crippen LogP contribution in [0.4, 0.5) is 0 Å². The molecule has 1 aromatic heterocycles. The number of carbonyl (C=O) groups excluding carboxylic acids is 1. The number of hydrogen-bond acceptors (Lipinski definition) is 6. The van der Waals surface area contributed by atoms with Crippen molar-refractivity contribution in [2.24, 2.45) is 0 Å². The first-order chi connectivity index (χ1) is 14.1. The zero-order chi connectivity index (χ0) is 20.6. The Bertz CT molecular complexity index is 1010. The summed E-state index contributed by atoms with van der Waals surface area (Å²) in [4.78, 5) is 16.7. The summed E-state index contributed by atoms with van der Waals surface area (Å²) in [6.45, 7) is 2.38. The SMILES string of the molecule is CCCCOC(=O)c1cc2ccc(Oc3ccccc3)cc2c(OC(=S)NC)n1. The molecule has 1 N–H and O–H groups in total. The molecule has 0 fully saturated rings. The maximum Gasteiger partial charge on any atom is 0.357 e. The van der Waals surface area contributed by atoms with Crippen LogP contribution < -0.4 is 14.8 Å². The molecule has 0 saturated carbocycles. The van der Waals surface area contributed by atoms with E-state index in [9.17, 15) is 4.79 Å². The summed E-state index contributed by atoms with van der Waals surface area (Å²) in [6.07, 6.45) is 1.74. The summed E-state index contributed by atoms with van der Waals surface area (Å²) in [5, 5.41) is 4.32. The molecule has 0 saturated heterocycles. The fourth-order valence-electron chi connectivity index (χ4n) is 2.59. The molecular weight excluding hydrogens is 388 g/mol. The molecule has 2 aromatic carbocycles. The van der Waals surface area contributed by atoms with Gasteiger partial charge in [-0.15, -0.1) is 0 Å². The molecule has 0 amide bonds. The van der Waals surface area contributed by atoms with Crippen LogP contribution in [0.1, 0.15) is 30.3 Å². The highest BCUT2D eigenvalue weighted by atomic mass is 32.1. The number of carbonyl (C=O) groups is 1. The van der Waals surface area contributed by atoms with E-state index in [4.69, 9.17) is 26.4 Å². The topological polar surface area (TPSA) is 69.7 Å². The summed E-state index contributed by atoms with van der Waals surface area (Å²) in [7, 11) is 1.65. The van der Waals surface area contributed by atoms with Gasteiger partial charge in [-0.25, -0.2) is 9.78 Å². The first kappa shape index (κ1) is 20.5. The number of unbranched alkanes of at least 4 members (excludes halogenated alkanes) is 1. The summed E-state index contributed by atoms with van der Waals surface area (Å²) in [5.74, 6) is 1.04. The van der Waals surface area contributed by atoms with Crippen molar-refractivity contribution >= 4 is 34.1 Å². The minimum absolute atomic E-state index is 0.143. The third-order valence-corrected chi connectivity index (χ3v) is 4.37. The van der Waals surface area contributed by atoms with E-state index in [-0.39, 0.29) is 16.7 Å². The molecule has 0 spiro atoms. The molecule has 0 bridgehead atoms. The number of nitrogens with one attached hydrogen (secondary N) is 1. The van der Waals surface area contributed by atoms with Gasteiger partial charge in [-0.3, -0.25) is 0 Å². The largest absolute Gasteiger partial charge is 0.461 e. The molecule has 0 unspecified atom stereocenters. The van der Waals surface area contributed by atoms with Crippen molar-refractivity contribution < 1.29 is 19.0 Å². The Morgan fingerprint density at radius 1 is 1.10 bits per heavy atom. The summed E-state index contributed by atoms with van der Waals surface area (Å²) >= 11 is 5.11. The minimum Gasteiger partial charge on any atom is -0.461 e. The number of fused-ring (bicyclic) bond motifs is 1. The van der Waals surface area contributed by atoms with Gasteiger partial charge in [-0.2, -0.15) is 0 Å². The van der Waals surface area contributed by atoms with E-state index in [1.807, 2.05) is 49.4 Å². The number of ether oxygens (including phenoxy) is 3. The second-order valence-corrected chi connectivity index (χ2v) is 6.61. The maximum absolute atomic E-state index is 12.4. The van der Waals surface area contributed by atoms with Gasteiger partial charge in [0.05, 0.1) is 6.61 Å². The summed E-state index contributed by atoms with van der Waals surface area (Å²) in [6, 6.07) is 16.6. The lowest BCUT2D eigenvalue weighted by atomic mass is 10.1. The van der Waals surface area contributed by atoms with Crippen LogP contribution in [-0.4, -0.2) is 29.8 Å². The Hall–Kier alpha value is -3.19. The lowest BCUT2D eigenvalue weighted by molar-refractivity contribution is 0.0492. The Balaban J connectivity index is 1.96. The van der Waals surface area contributed by atoms with Crippen molar-refractivity contribution in [3.05, 3.63) is 60.3 Å². The van der Waals surface area contributed by atoms with Crippen molar-refractivity contribution in [3.63, 3.8) is 0 Å². The van der Waals surface area contributed by atoms with E-state index in [1.165, 1.54) is 0 Å². The number of thiocarbonyl (C=S) groups is 1. The van der Waals surface area contributed by atoms with Crippen LogP contribution in [0.3, 0.4) is 0 Å². The zero-order valence-electron chi connectivity index (χ0n) is 16.3. The maximum atomic E-state index is 12.4. The Morgan fingerprint density at radius 3 is 2.62 bits per heavy atom. The van der Waals surface area contributed by atoms with Gasteiger partial charge in [0.15, 0.2) is 5.69 Å². The lowest BCUT2D eigenvalue weighted by Gasteiger charge is -2.12. The molecule has 3 rings (SSSR count). The van der Waals surface area contributed by atoms with E-state index in [2.05, 4.69) is 10.3 Å². The van der Waals surface area contributed by atoms with Crippen molar-refractivity contribution in [1.82, 2.24) is 10.3 Å². The number of hydrogen-bond donors (Lipinski definition) is 1. The number of aromatic nitrogens is 1. The molecule has 0 radical (unpaired) electrons. The van der Waals surface area contributed by atoms with Crippen LogP contribution in [0.15, 0.2) is 54.6 Å². The molecule has 29 heavy (non-hydrogen) atoms. The molecule has 0 aliphatic heterocycles. The first-order valence-corrected chi connectivity index (χ1v) is 9.76. The van der Waals surface area contributed by atoms with Crippen LogP contribution >= 0.6 is 12.2 Å². The minimum atomic E-state index is -0.495. The van der Waals surface area contributed by atoms with Gasteiger partial charge < -0.3 is 19.5 Å². The Morgan fingerprint density at radius 2 is 1.90 bits per heavy atom. The molecular formula is C22H22N2O4S. The zero-order valence-corrected chi connectivity index (χ0v) is 17.1. The molecule has 3 aromatic rings. The van der Waals surface area contributed by atoms with Crippen molar-refractivity contribution in [2.75, 3.05) is 13.7 Å². The summed E-state index contributed by atoms with van der Waals surface area (Å²) in [5.41, 5.74) is 0.166. The standard InChI is InChI=1S/C22H22N2O4S/c1-3-4-12-26-21(25)19-13-15-10-11-17(27-16-8-6-5-7-9-16)14-18(15)20(24-19)28-22(29)23-2/h5-11,13-14H,3-4,12H2,1-2H3,(H,23,29). The molecule has 0 aliphatic carbocycles. The third-order valence-electron chi connectivity index (χ3n) is 4.08. The number of esters is 1. The Labute approximate surface area is 174 Å². The monoisotopic (exact) mass is 410 g/mol. The average molecular weight is 410 g/mol. The lowest BCUT2D eigenvalue weighted by Crippen LogP contribution is -2.22. The number of nitrogens with zero attached hydrogens (tertiary/aromatic N) is 1. The van der Waals surface area contributed by atoms with Gasteiger partial charge in [-0.05, 0) is 54.4 Å². The molecule has 150 valence electrons. The predicted octanol–water partition coefficient (Wildman–Crippen LogP) is 4.87. The molecule has 0 atom stereocenters. The van der Waals surface area contributed by atoms with Gasteiger partial charge in [0.1, 0.15) is 11.5 Å². The number of benzene rings is 2. The quantitative estimate of drug-likeness (QED) is 0.339. The van der Waals surface area contributed by atoms with Gasteiger partial charge >= 0.3 is 5.97 Å². The molecule has 1 heterocycles. The van der Waals surface area contributed by atoms with E-state index >= 15 is 0 Å². The van der Waals surface area contributed by atoms with E-state index in [0.29, 0.717) is 23.5 Å². The van der Waals surface area contributed by atoms with Gasteiger partial charge in [0.2, 0.25) is 5.88 Å². The van der Waals surface area contributed by atoms with Gasteiger partial charge in [-0.1, -0.05) is 37.6 Å². The Kier molecular flexibility index (Phi) is 6.97. The fraction of sp³-hybridized carbons (Fsp3) is 0.227. The number of pyridine rings is 1.